The first-order valence-electron chi connectivity index (χ1n) is 5.24. The summed E-state index contributed by atoms with van der Waals surface area (Å²) in [5.74, 6) is 0. The molecule has 0 aliphatic carbocycles. The monoisotopic (exact) mass is 202 g/mol. The Morgan fingerprint density at radius 3 is 3.08 bits per heavy atom. The molecular formula is C9H19N2OP. The van der Waals surface area contributed by atoms with Crippen LogP contribution in [0.4, 0.5) is 0 Å². The summed E-state index contributed by atoms with van der Waals surface area (Å²) in [5.41, 5.74) is 0. The molecule has 1 N–H and O–H groups in total. The Balaban J connectivity index is 1.91. The van der Waals surface area contributed by atoms with Crippen molar-refractivity contribution in [2.75, 3.05) is 13.1 Å². The number of fused-ring (bicyclic) bond motifs is 1. The predicted molar refractivity (Wildman–Crippen MR) is 55.5 cm³/mol. The molecule has 0 bridgehead atoms. The number of piperidine rings is 1. The van der Waals surface area contributed by atoms with E-state index in [1.807, 2.05) is 0 Å². The molecule has 2 rings (SSSR count). The van der Waals surface area contributed by atoms with E-state index in [0.717, 1.165) is 12.6 Å². The van der Waals surface area contributed by atoms with Crippen molar-refractivity contribution in [2.24, 2.45) is 0 Å². The van der Waals surface area contributed by atoms with Crippen molar-refractivity contribution < 1.29 is 4.52 Å². The lowest BCUT2D eigenvalue weighted by Gasteiger charge is -2.32. The van der Waals surface area contributed by atoms with E-state index in [1.165, 1.54) is 25.8 Å². The van der Waals surface area contributed by atoms with Crippen LogP contribution in [0.5, 0.6) is 0 Å². The van der Waals surface area contributed by atoms with E-state index in [9.17, 15) is 0 Å². The van der Waals surface area contributed by atoms with Crippen molar-refractivity contribution >= 4 is 8.45 Å². The highest BCUT2D eigenvalue weighted by Crippen LogP contribution is 2.47. The summed E-state index contributed by atoms with van der Waals surface area (Å²) in [6.07, 6.45) is 4.44. The lowest BCUT2D eigenvalue weighted by molar-refractivity contribution is 0.220. The average molecular weight is 202 g/mol. The molecule has 2 aliphatic rings. The normalized spacial score (nSPS) is 35.3. The molecule has 0 saturated carbocycles. The third-order valence-corrected chi connectivity index (χ3v) is 4.67. The Morgan fingerprint density at radius 1 is 1.46 bits per heavy atom. The SMILES string of the molecule is CC(C)OP1NCC2CCCCN21. The van der Waals surface area contributed by atoms with Gasteiger partial charge in [-0.25, -0.2) is 4.67 Å². The molecule has 76 valence electrons. The van der Waals surface area contributed by atoms with Crippen LogP contribution in [-0.2, 0) is 4.52 Å². The van der Waals surface area contributed by atoms with E-state index < -0.39 is 8.45 Å². The van der Waals surface area contributed by atoms with Crippen molar-refractivity contribution in [3.63, 3.8) is 0 Å². The standard InChI is InChI=1S/C9H19N2OP/c1-8(2)12-13-10-7-9-5-3-4-6-11(9)13/h8-10H,3-7H2,1-2H3. The molecule has 0 spiro atoms. The van der Waals surface area contributed by atoms with Crippen LogP contribution in [0.1, 0.15) is 33.1 Å². The molecule has 2 unspecified atom stereocenters. The van der Waals surface area contributed by atoms with Crippen LogP contribution in [0.15, 0.2) is 0 Å². The molecule has 2 atom stereocenters. The predicted octanol–water partition coefficient (Wildman–Crippen LogP) is 2.10. The second-order valence-electron chi connectivity index (χ2n) is 4.10. The number of hydrogen-bond donors (Lipinski definition) is 1. The number of nitrogens with one attached hydrogen (secondary N) is 1. The highest BCUT2D eigenvalue weighted by atomic mass is 31.2. The molecule has 3 nitrogen and oxygen atoms in total. The molecule has 13 heavy (non-hydrogen) atoms. The topological polar surface area (TPSA) is 24.5 Å². The van der Waals surface area contributed by atoms with E-state index >= 15 is 0 Å². The Bertz CT molecular complexity index is 177. The van der Waals surface area contributed by atoms with Gasteiger partial charge in [-0.2, -0.15) is 0 Å². The molecular weight excluding hydrogens is 183 g/mol. The first-order chi connectivity index (χ1) is 6.27. The quantitative estimate of drug-likeness (QED) is 0.694. The van der Waals surface area contributed by atoms with E-state index in [0.29, 0.717) is 6.10 Å². The van der Waals surface area contributed by atoms with Crippen LogP contribution in [0.3, 0.4) is 0 Å². The highest BCUT2D eigenvalue weighted by molar-refractivity contribution is 7.48. The van der Waals surface area contributed by atoms with Crippen LogP contribution in [-0.4, -0.2) is 29.9 Å². The van der Waals surface area contributed by atoms with Gasteiger partial charge in [-0.1, -0.05) is 6.42 Å². The zero-order chi connectivity index (χ0) is 9.26. The van der Waals surface area contributed by atoms with Crippen molar-refractivity contribution in [1.82, 2.24) is 9.76 Å². The summed E-state index contributed by atoms with van der Waals surface area (Å²) in [4.78, 5) is 0. The lowest BCUT2D eigenvalue weighted by atomic mass is 10.1. The van der Waals surface area contributed by atoms with Gasteiger partial charge in [0.1, 0.15) is 0 Å². The summed E-state index contributed by atoms with van der Waals surface area (Å²) < 4.78 is 8.40. The highest BCUT2D eigenvalue weighted by Gasteiger charge is 2.36. The number of nitrogens with zero attached hydrogens (tertiary/aromatic N) is 1. The fraction of sp³-hybridized carbons (Fsp3) is 1.00. The van der Waals surface area contributed by atoms with Crippen LogP contribution >= 0.6 is 8.45 Å². The maximum atomic E-state index is 5.86. The third kappa shape index (κ3) is 2.21. The maximum Gasteiger partial charge on any atom is 0.185 e. The van der Waals surface area contributed by atoms with Gasteiger partial charge in [0.2, 0.25) is 0 Å². The fourth-order valence-corrected chi connectivity index (χ4v) is 3.96. The molecule has 0 amide bonds. The molecule has 2 fully saturated rings. The van der Waals surface area contributed by atoms with Crippen molar-refractivity contribution in [3.8, 4) is 0 Å². The minimum atomic E-state index is -0.459. The van der Waals surface area contributed by atoms with Crippen LogP contribution in [0, 0.1) is 0 Å². The molecule has 2 heterocycles. The molecule has 0 aromatic carbocycles. The van der Waals surface area contributed by atoms with Gasteiger partial charge in [-0.3, -0.25) is 5.09 Å². The first kappa shape index (κ1) is 9.85. The number of rotatable bonds is 2. The second kappa shape index (κ2) is 4.22. The molecule has 0 radical (unpaired) electrons. The van der Waals surface area contributed by atoms with E-state index in [-0.39, 0.29) is 0 Å². The maximum absolute atomic E-state index is 5.86. The first-order valence-corrected chi connectivity index (χ1v) is 6.45. The van der Waals surface area contributed by atoms with Crippen molar-refractivity contribution in [1.29, 1.82) is 0 Å². The summed E-state index contributed by atoms with van der Waals surface area (Å²) in [7, 11) is -0.459. The molecule has 4 heteroatoms. The Kier molecular flexibility index (Phi) is 3.20. The third-order valence-electron chi connectivity index (χ3n) is 2.60. The largest absolute Gasteiger partial charge is 0.329 e. The van der Waals surface area contributed by atoms with E-state index in [2.05, 4.69) is 23.6 Å². The summed E-state index contributed by atoms with van der Waals surface area (Å²) in [6.45, 7) is 6.59. The Labute approximate surface area is 81.8 Å². The van der Waals surface area contributed by atoms with Gasteiger partial charge in [0.15, 0.2) is 8.45 Å². The molecule has 2 aliphatic heterocycles. The zero-order valence-electron chi connectivity index (χ0n) is 8.49. The number of hydrogen-bond acceptors (Lipinski definition) is 3. The second-order valence-corrected chi connectivity index (χ2v) is 5.69. The van der Waals surface area contributed by atoms with Crippen LogP contribution < -0.4 is 5.09 Å². The Morgan fingerprint density at radius 2 is 2.31 bits per heavy atom. The fourth-order valence-electron chi connectivity index (χ4n) is 2.00. The van der Waals surface area contributed by atoms with Gasteiger partial charge in [0, 0.05) is 19.1 Å². The van der Waals surface area contributed by atoms with Gasteiger partial charge in [-0.15, -0.1) is 0 Å². The lowest BCUT2D eigenvalue weighted by Crippen LogP contribution is -2.32. The zero-order valence-corrected chi connectivity index (χ0v) is 9.39. The summed E-state index contributed by atoms with van der Waals surface area (Å²) >= 11 is 0. The van der Waals surface area contributed by atoms with Crippen molar-refractivity contribution in [2.45, 2.75) is 45.3 Å². The van der Waals surface area contributed by atoms with Crippen LogP contribution in [0.2, 0.25) is 0 Å². The molecule has 0 aromatic rings. The van der Waals surface area contributed by atoms with Gasteiger partial charge >= 0.3 is 0 Å². The molecule has 0 aromatic heterocycles. The smallest absolute Gasteiger partial charge is 0.185 e. The Hall–Kier alpha value is 0.310. The van der Waals surface area contributed by atoms with Crippen molar-refractivity contribution in [3.05, 3.63) is 0 Å². The summed E-state index contributed by atoms with van der Waals surface area (Å²) in [5, 5.41) is 3.50. The van der Waals surface area contributed by atoms with E-state index in [4.69, 9.17) is 4.52 Å². The van der Waals surface area contributed by atoms with Gasteiger partial charge in [0.25, 0.3) is 0 Å². The average Bonchev–Trinajstić information content (AvgIpc) is 2.48. The molecule has 2 saturated heterocycles. The van der Waals surface area contributed by atoms with E-state index in [1.54, 1.807) is 0 Å². The van der Waals surface area contributed by atoms with Crippen LogP contribution in [0.25, 0.3) is 0 Å². The van der Waals surface area contributed by atoms with Gasteiger partial charge < -0.3 is 4.52 Å². The van der Waals surface area contributed by atoms with Gasteiger partial charge in [-0.05, 0) is 26.7 Å². The van der Waals surface area contributed by atoms with Gasteiger partial charge in [0.05, 0.1) is 6.10 Å². The summed E-state index contributed by atoms with van der Waals surface area (Å²) in [6, 6.07) is 0.763. The minimum Gasteiger partial charge on any atom is -0.329 e. The minimum absolute atomic E-state index is 0.347.